The highest BCUT2D eigenvalue weighted by atomic mass is 16.5. The molecule has 0 unspecified atom stereocenters. The lowest BCUT2D eigenvalue weighted by Gasteiger charge is -2.15. The Morgan fingerprint density at radius 2 is 1.67 bits per heavy atom. The monoisotopic (exact) mass is 320 g/mol. The smallest absolute Gasteiger partial charge is 0.339 e. The van der Waals surface area contributed by atoms with E-state index in [4.69, 9.17) is 4.74 Å². The number of rotatable bonds is 4. The van der Waals surface area contributed by atoms with Gasteiger partial charge in [0.2, 0.25) is 0 Å². The normalized spacial score (nSPS) is 10.5. The Bertz CT molecular complexity index is 914. The van der Waals surface area contributed by atoms with Gasteiger partial charge in [0.15, 0.2) is 0 Å². The molecule has 0 heterocycles. The molecular weight excluding hydrogens is 304 g/mol. The Morgan fingerprint density at radius 3 is 2.33 bits per heavy atom. The molecule has 4 nitrogen and oxygen atoms in total. The predicted octanol–water partition coefficient (Wildman–Crippen LogP) is 3.92. The molecule has 0 radical (unpaired) electrons. The van der Waals surface area contributed by atoms with Gasteiger partial charge in [-0.05, 0) is 34.4 Å². The number of methoxy groups -OCH3 is 1. The van der Waals surface area contributed by atoms with Crippen LogP contribution in [-0.2, 0) is 11.2 Å². The van der Waals surface area contributed by atoms with E-state index < -0.39 is 11.9 Å². The minimum Gasteiger partial charge on any atom is -0.478 e. The van der Waals surface area contributed by atoms with E-state index in [1.165, 1.54) is 13.2 Å². The first-order chi connectivity index (χ1) is 11.6. The quantitative estimate of drug-likeness (QED) is 0.740. The first-order valence-electron chi connectivity index (χ1n) is 7.52. The second-order valence-electron chi connectivity index (χ2n) is 5.46. The van der Waals surface area contributed by atoms with E-state index in [1.807, 2.05) is 54.6 Å². The third-order valence-electron chi connectivity index (χ3n) is 4.00. The zero-order chi connectivity index (χ0) is 17.1. The fourth-order valence-corrected chi connectivity index (χ4v) is 2.91. The maximum absolute atomic E-state index is 12.3. The van der Waals surface area contributed by atoms with E-state index >= 15 is 0 Å². The zero-order valence-electron chi connectivity index (χ0n) is 13.2. The van der Waals surface area contributed by atoms with Crippen molar-refractivity contribution in [1.82, 2.24) is 0 Å². The summed E-state index contributed by atoms with van der Waals surface area (Å²) in [4.78, 5) is 24.0. The number of fused-ring (bicyclic) bond motifs is 1. The Morgan fingerprint density at radius 1 is 1.00 bits per heavy atom. The molecule has 0 saturated carbocycles. The van der Waals surface area contributed by atoms with Gasteiger partial charge in [-0.3, -0.25) is 0 Å². The van der Waals surface area contributed by atoms with Crippen molar-refractivity contribution in [3.8, 4) is 0 Å². The van der Waals surface area contributed by atoms with Crippen molar-refractivity contribution in [2.45, 2.75) is 6.42 Å². The molecule has 0 amide bonds. The second kappa shape index (κ2) is 6.54. The Balaban J connectivity index is 2.33. The minimum absolute atomic E-state index is 0.0357. The molecule has 120 valence electrons. The molecular formula is C20H16O4. The van der Waals surface area contributed by atoms with Crippen molar-refractivity contribution in [2.75, 3.05) is 7.11 Å². The van der Waals surface area contributed by atoms with E-state index in [2.05, 4.69) is 0 Å². The van der Waals surface area contributed by atoms with Crippen molar-refractivity contribution in [3.05, 3.63) is 82.9 Å². The van der Waals surface area contributed by atoms with Gasteiger partial charge in [0.05, 0.1) is 18.2 Å². The van der Waals surface area contributed by atoms with Gasteiger partial charge < -0.3 is 9.84 Å². The SMILES string of the molecule is COC(=O)c1c(C(=O)O)cc2ccccc2c1Cc1ccccc1. The van der Waals surface area contributed by atoms with Gasteiger partial charge in [0.1, 0.15) is 0 Å². The molecule has 0 spiro atoms. The van der Waals surface area contributed by atoms with Crippen LogP contribution in [0.25, 0.3) is 10.8 Å². The molecule has 3 aromatic rings. The van der Waals surface area contributed by atoms with E-state index in [9.17, 15) is 14.7 Å². The van der Waals surface area contributed by atoms with E-state index in [1.54, 1.807) is 0 Å². The molecule has 0 fully saturated rings. The van der Waals surface area contributed by atoms with Gasteiger partial charge in [0.25, 0.3) is 0 Å². The van der Waals surface area contributed by atoms with E-state index in [-0.39, 0.29) is 11.1 Å². The Labute approximate surface area is 139 Å². The number of aromatic carboxylic acids is 1. The largest absolute Gasteiger partial charge is 0.478 e. The summed E-state index contributed by atoms with van der Waals surface area (Å²) >= 11 is 0. The maximum Gasteiger partial charge on any atom is 0.339 e. The highest BCUT2D eigenvalue weighted by molar-refractivity contribution is 6.09. The van der Waals surface area contributed by atoms with Crippen LogP contribution in [-0.4, -0.2) is 24.2 Å². The predicted molar refractivity (Wildman–Crippen MR) is 91.5 cm³/mol. The van der Waals surface area contributed by atoms with Crippen LogP contribution in [0.15, 0.2) is 60.7 Å². The number of carbonyl (C=O) groups is 2. The highest BCUT2D eigenvalue weighted by Gasteiger charge is 2.24. The van der Waals surface area contributed by atoms with Crippen LogP contribution in [0.1, 0.15) is 31.8 Å². The molecule has 0 aliphatic rings. The number of hydrogen-bond acceptors (Lipinski definition) is 3. The number of ether oxygens (including phenoxy) is 1. The maximum atomic E-state index is 12.3. The molecule has 0 saturated heterocycles. The lowest BCUT2D eigenvalue weighted by Crippen LogP contribution is -2.14. The number of carboxylic acids is 1. The molecule has 1 N–H and O–H groups in total. The summed E-state index contributed by atoms with van der Waals surface area (Å²) in [6.45, 7) is 0. The van der Waals surface area contributed by atoms with Gasteiger partial charge in [-0.2, -0.15) is 0 Å². The summed E-state index contributed by atoms with van der Waals surface area (Å²) in [6, 6.07) is 18.6. The molecule has 24 heavy (non-hydrogen) atoms. The number of esters is 1. The van der Waals surface area contributed by atoms with Crippen molar-refractivity contribution < 1.29 is 19.4 Å². The molecule has 0 bridgehead atoms. The van der Waals surface area contributed by atoms with Crippen molar-refractivity contribution in [3.63, 3.8) is 0 Å². The van der Waals surface area contributed by atoms with Gasteiger partial charge in [0, 0.05) is 0 Å². The molecule has 0 aliphatic carbocycles. The van der Waals surface area contributed by atoms with E-state index in [0.29, 0.717) is 12.0 Å². The van der Waals surface area contributed by atoms with Crippen molar-refractivity contribution >= 4 is 22.7 Å². The summed E-state index contributed by atoms with van der Waals surface area (Å²) in [5, 5.41) is 11.2. The van der Waals surface area contributed by atoms with Gasteiger partial charge >= 0.3 is 11.9 Å². The van der Waals surface area contributed by atoms with Crippen molar-refractivity contribution in [2.24, 2.45) is 0 Å². The molecule has 4 heteroatoms. The van der Waals surface area contributed by atoms with E-state index in [0.717, 1.165) is 16.3 Å². The third kappa shape index (κ3) is 2.86. The van der Waals surface area contributed by atoms with Crippen LogP contribution in [0.2, 0.25) is 0 Å². The van der Waals surface area contributed by atoms with Gasteiger partial charge in [-0.25, -0.2) is 9.59 Å². The third-order valence-corrected chi connectivity index (χ3v) is 4.00. The van der Waals surface area contributed by atoms with Gasteiger partial charge in [-0.1, -0.05) is 54.6 Å². The molecule has 0 aliphatic heterocycles. The second-order valence-corrected chi connectivity index (χ2v) is 5.46. The number of hydrogen-bond donors (Lipinski definition) is 1. The number of benzene rings is 3. The summed E-state index contributed by atoms with van der Waals surface area (Å²) in [5.74, 6) is -1.78. The van der Waals surface area contributed by atoms with Crippen LogP contribution >= 0.6 is 0 Å². The minimum atomic E-state index is -1.14. The summed E-state index contributed by atoms with van der Waals surface area (Å²) < 4.78 is 4.85. The van der Waals surface area contributed by atoms with Crippen molar-refractivity contribution in [1.29, 1.82) is 0 Å². The van der Waals surface area contributed by atoms with Crippen LogP contribution < -0.4 is 0 Å². The summed E-state index contributed by atoms with van der Waals surface area (Å²) in [7, 11) is 1.26. The first kappa shape index (κ1) is 15.7. The molecule has 3 rings (SSSR count). The standard InChI is InChI=1S/C20H16O4/c1-24-20(23)18-16(11-13-7-3-2-4-8-13)15-10-6-5-9-14(15)12-17(18)19(21)22/h2-10,12H,11H2,1H3,(H,21,22). The zero-order valence-corrected chi connectivity index (χ0v) is 13.2. The lowest BCUT2D eigenvalue weighted by atomic mass is 9.90. The summed E-state index contributed by atoms with van der Waals surface area (Å²) in [6.07, 6.45) is 0.451. The van der Waals surface area contributed by atoms with Crippen LogP contribution in [0.5, 0.6) is 0 Å². The van der Waals surface area contributed by atoms with Crippen LogP contribution in [0, 0.1) is 0 Å². The first-order valence-corrected chi connectivity index (χ1v) is 7.52. The molecule has 0 aromatic heterocycles. The van der Waals surface area contributed by atoms with Crippen LogP contribution in [0.3, 0.4) is 0 Å². The Hall–Kier alpha value is -3.14. The van der Waals surface area contributed by atoms with Crippen LogP contribution in [0.4, 0.5) is 0 Å². The number of carbonyl (C=O) groups excluding carboxylic acids is 1. The fraction of sp³-hybridized carbons (Fsp3) is 0.100. The fourth-order valence-electron chi connectivity index (χ4n) is 2.91. The Kier molecular flexibility index (Phi) is 4.29. The molecule has 0 atom stereocenters. The highest BCUT2D eigenvalue weighted by Crippen LogP contribution is 2.29. The summed E-state index contributed by atoms with van der Waals surface area (Å²) in [5.41, 5.74) is 1.75. The lowest BCUT2D eigenvalue weighted by molar-refractivity contribution is 0.0582. The average molecular weight is 320 g/mol. The molecule has 3 aromatic carbocycles. The van der Waals surface area contributed by atoms with Gasteiger partial charge in [-0.15, -0.1) is 0 Å². The topological polar surface area (TPSA) is 63.6 Å². The average Bonchev–Trinajstić information content (AvgIpc) is 2.61. The number of carboxylic acid groups (broad SMARTS) is 1.